The molecule has 0 fully saturated rings. The van der Waals surface area contributed by atoms with Crippen molar-refractivity contribution >= 4 is 8.60 Å². The van der Waals surface area contributed by atoms with Gasteiger partial charge in [-0.05, 0) is 39.7 Å². The van der Waals surface area contributed by atoms with Crippen LogP contribution in [0.1, 0.15) is 52.7 Å². The minimum atomic E-state index is -1.06. The average Bonchev–Trinajstić information content (AvgIpc) is 2.52. The Balaban J connectivity index is 0. The number of hydrogen-bond donors (Lipinski definition) is 0. The maximum Gasteiger partial charge on any atom is 0.332 e. The van der Waals surface area contributed by atoms with Gasteiger partial charge in [-0.15, -0.1) is 0 Å². The fraction of sp³-hybridized carbons (Fsp3) is 0.647. The van der Waals surface area contributed by atoms with Gasteiger partial charge in [0.25, 0.3) is 0 Å². The molecule has 0 N–H and O–H groups in total. The SMILES string of the molecule is CC.CCOP(OCC)OCC.CCc1ccc(C)cc1. The molecule has 0 aliphatic rings. The maximum atomic E-state index is 5.14. The second-order valence-corrected chi connectivity index (χ2v) is 5.04. The van der Waals surface area contributed by atoms with Crippen molar-refractivity contribution in [3.63, 3.8) is 0 Å². The summed E-state index contributed by atoms with van der Waals surface area (Å²) < 4.78 is 15.4. The Labute approximate surface area is 133 Å². The molecular weight excluding hydrogens is 283 g/mol. The molecule has 3 nitrogen and oxygen atoms in total. The third-order valence-corrected chi connectivity index (χ3v) is 3.64. The monoisotopic (exact) mass is 316 g/mol. The predicted octanol–water partition coefficient (Wildman–Crippen LogP) is 5.91. The molecule has 21 heavy (non-hydrogen) atoms. The van der Waals surface area contributed by atoms with Gasteiger partial charge in [-0.25, -0.2) is 0 Å². The van der Waals surface area contributed by atoms with Crippen LogP contribution < -0.4 is 0 Å². The molecular formula is C17H33O3P. The molecule has 0 bridgehead atoms. The lowest BCUT2D eigenvalue weighted by molar-refractivity contribution is 0.176. The van der Waals surface area contributed by atoms with Crippen molar-refractivity contribution in [2.75, 3.05) is 19.8 Å². The number of rotatable bonds is 7. The first kappa shape index (κ1) is 22.8. The van der Waals surface area contributed by atoms with E-state index < -0.39 is 8.60 Å². The molecule has 4 heteroatoms. The Kier molecular flexibility index (Phi) is 19.1. The minimum absolute atomic E-state index is 0.645. The van der Waals surface area contributed by atoms with Gasteiger partial charge in [0, 0.05) is 0 Å². The van der Waals surface area contributed by atoms with E-state index in [4.69, 9.17) is 13.6 Å². The van der Waals surface area contributed by atoms with Crippen molar-refractivity contribution in [1.29, 1.82) is 0 Å². The first-order valence-electron chi connectivity index (χ1n) is 7.92. The van der Waals surface area contributed by atoms with E-state index in [0.29, 0.717) is 19.8 Å². The molecule has 0 amide bonds. The van der Waals surface area contributed by atoms with Crippen LogP contribution in [-0.2, 0) is 20.0 Å². The summed E-state index contributed by atoms with van der Waals surface area (Å²) in [7, 11) is -1.06. The zero-order valence-corrected chi connectivity index (χ0v) is 15.7. The van der Waals surface area contributed by atoms with Crippen LogP contribution in [0.2, 0.25) is 0 Å². The van der Waals surface area contributed by atoms with Crippen molar-refractivity contribution in [3.8, 4) is 0 Å². The van der Waals surface area contributed by atoms with E-state index in [2.05, 4.69) is 38.1 Å². The van der Waals surface area contributed by atoms with Crippen molar-refractivity contribution < 1.29 is 13.6 Å². The van der Waals surface area contributed by atoms with Crippen molar-refractivity contribution in [2.24, 2.45) is 0 Å². The molecule has 1 rings (SSSR count). The van der Waals surface area contributed by atoms with Crippen molar-refractivity contribution in [2.45, 2.75) is 54.9 Å². The topological polar surface area (TPSA) is 27.7 Å². The molecule has 0 saturated heterocycles. The molecule has 0 radical (unpaired) electrons. The summed E-state index contributed by atoms with van der Waals surface area (Å²) in [5.41, 5.74) is 2.76. The lowest BCUT2D eigenvalue weighted by Crippen LogP contribution is -1.94. The van der Waals surface area contributed by atoms with Crippen LogP contribution in [0.4, 0.5) is 0 Å². The van der Waals surface area contributed by atoms with E-state index in [9.17, 15) is 0 Å². The molecule has 0 spiro atoms. The van der Waals surface area contributed by atoms with Gasteiger partial charge in [0.1, 0.15) is 0 Å². The Hall–Kier alpha value is -0.470. The molecule has 124 valence electrons. The van der Waals surface area contributed by atoms with Gasteiger partial charge in [-0.2, -0.15) is 0 Å². The Morgan fingerprint density at radius 3 is 1.43 bits per heavy atom. The van der Waals surface area contributed by atoms with Gasteiger partial charge in [-0.1, -0.05) is 50.6 Å². The largest absolute Gasteiger partial charge is 0.332 e. The molecule has 0 unspecified atom stereocenters. The second kappa shape index (κ2) is 17.6. The summed E-state index contributed by atoms with van der Waals surface area (Å²) in [5, 5.41) is 0. The third-order valence-electron chi connectivity index (χ3n) is 2.23. The van der Waals surface area contributed by atoms with Crippen LogP contribution in [-0.4, -0.2) is 19.8 Å². The van der Waals surface area contributed by atoms with Gasteiger partial charge in [-0.3, -0.25) is 0 Å². The zero-order valence-electron chi connectivity index (χ0n) is 14.8. The fourth-order valence-corrected chi connectivity index (χ4v) is 2.11. The van der Waals surface area contributed by atoms with Crippen LogP contribution >= 0.6 is 8.60 Å². The Morgan fingerprint density at radius 1 is 0.762 bits per heavy atom. The third kappa shape index (κ3) is 14.2. The van der Waals surface area contributed by atoms with Crippen LogP contribution in [0.15, 0.2) is 24.3 Å². The molecule has 0 aliphatic heterocycles. The summed E-state index contributed by atoms with van der Waals surface area (Å²) in [6.07, 6.45) is 1.14. The van der Waals surface area contributed by atoms with Crippen LogP contribution in [0.3, 0.4) is 0 Å². The van der Waals surface area contributed by atoms with E-state index in [0.717, 1.165) is 6.42 Å². The lowest BCUT2D eigenvalue weighted by atomic mass is 10.1. The van der Waals surface area contributed by atoms with Gasteiger partial charge < -0.3 is 13.6 Å². The number of aryl methyl sites for hydroxylation is 2. The predicted molar refractivity (Wildman–Crippen MR) is 93.7 cm³/mol. The number of benzene rings is 1. The Morgan fingerprint density at radius 2 is 1.14 bits per heavy atom. The number of hydrogen-bond acceptors (Lipinski definition) is 3. The van der Waals surface area contributed by atoms with Crippen LogP contribution in [0.25, 0.3) is 0 Å². The van der Waals surface area contributed by atoms with Crippen molar-refractivity contribution in [3.05, 3.63) is 35.4 Å². The highest BCUT2D eigenvalue weighted by Crippen LogP contribution is 2.38. The van der Waals surface area contributed by atoms with Crippen LogP contribution in [0, 0.1) is 6.92 Å². The summed E-state index contributed by atoms with van der Waals surface area (Å²) in [6.45, 7) is 16.0. The summed E-state index contributed by atoms with van der Waals surface area (Å²) in [4.78, 5) is 0. The van der Waals surface area contributed by atoms with Gasteiger partial charge in [0.15, 0.2) is 0 Å². The molecule has 0 saturated carbocycles. The summed E-state index contributed by atoms with van der Waals surface area (Å²) in [5.74, 6) is 0. The smallest absolute Gasteiger partial charge is 0.313 e. The molecule has 0 atom stereocenters. The van der Waals surface area contributed by atoms with E-state index in [1.807, 2.05) is 34.6 Å². The van der Waals surface area contributed by atoms with E-state index in [-0.39, 0.29) is 0 Å². The molecule has 0 aliphatic carbocycles. The van der Waals surface area contributed by atoms with E-state index in [1.54, 1.807) is 0 Å². The first-order valence-corrected chi connectivity index (χ1v) is 9.01. The second-order valence-electron chi connectivity index (χ2n) is 3.82. The summed E-state index contributed by atoms with van der Waals surface area (Å²) in [6, 6.07) is 8.66. The average molecular weight is 316 g/mol. The minimum Gasteiger partial charge on any atom is -0.313 e. The highest BCUT2D eigenvalue weighted by molar-refractivity contribution is 7.41. The standard InChI is InChI=1S/C9H12.C6H15O3P.C2H6/c1-3-9-6-4-8(2)5-7-9;1-4-7-10(8-5-2)9-6-3;1-2/h4-7H,3H2,1-2H3;4-6H2,1-3H3;1-2H3. The highest BCUT2D eigenvalue weighted by atomic mass is 31.2. The van der Waals surface area contributed by atoms with E-state index in [1.165, 1.54) is 11.1 Å². The molecule has 1 aromatic carbocycles. The zero-order chi connectivity index (χ0) is 16.5. The van der Waals surface area contributed by atoms with Gasteiger partial charge in [0.2, 0.25) is 0 Å². The molecule has 0 heterocycles. The quantitative estimate of drug-likeness (QED) is 0.586. The van der Waals surface area contributed by atoms with Crippen molar-refractivity contribution in [1.82, 2.24) is 0 Å². The van der Waals surface area contributed by atoms with Gasteiger partial charge >= 0.3 is 8.60 Å². The maximum absolute atomic E-state index is 5.14. The highest BCUT2D eigenvalue weighted by Gasteiger charge is 2.07. The molecule has 1 aromatic rings. The lowest BCUT2D eigenvalue weighted by Gasteiger charge is -2.12. The normalized spacial score (nSPS) is 9.52. The van der Waals surface area contributed by atoms with Gasteiger partial charge in [0.05, 0.1) is 19.8 Å². The van der Waals surface area contributed by atoms with E-state index >= 15 is 0 Å². The summed E-state index contributed by atoms with van der Waals surface area (Å²) >= 11 is 0. The van der Waals surface area contributed by atoms with Crippen LogP contribution in [0.5, 0.6) is 0 Å². The fourth-order valence-electron chi connectivity index (χ4n) is 1.25. The first-order chi connectivity index (χ1) is 10.2. The molecule has 0 aromatic heterocycles. The Bertz CT molecular complexity index is 287.